The van der Waals surface area contributed by atoms with Crippen LogP contribution in [-0.4, -0.2) is 113 Å². The second-order valence-corrected chi connectivity index (χ2v) is 19.9. The number of nitrogens with one attached hydrogen (secondary N) is 10. The van der Waals surface area contributed by atoms with Crippen molar-refractivity contribution >= 4 is 87.5 Å². The quantitative estimate of drug-likeness (QED) is 0.0898. The number of amides is 10. The Labute approximate surface area is 416 Å². The van der Waals surface area contributed by atoms with E-state index in [1.54, 1.807) is 45.0 Å². The maximum absolute atomic E-state index is 14.2. The summed E-state index contributed by atoms with van der Waals surface area (Å²) in [7, 11) is 0. The minimum atomic E-state index is -1.62. The first-order chi connectivity index (χ1) is 32.0. The van der Waals surface area contributed by atoms with Crippen LogP contribution in [0.3, 0.4) is 0 Å². The second-order valence-electron chi connectivity index (χ2n) is 18.7. The maximum atomic E-state index is 14.2. The van der Waals surface area contributed by atoms with Gasteiger partial charge < -0.3 is 57.9 Å². The molecule has 0 fully saturated rings. The molecule has 0 saturated carbocycles. The van der Waals surface area contributed by atoms with E-state index in [2.05, 4.69) is 75.8 Å². The van der Waals surface area contributed by atoms with E-state index >= 15 is 0 Å². The first-order valence-corrected chi connectivity index (χ1v) is 23.7. The highest BCUT2D eigenvalue weighted by Gasteiger charge is 2.46. The highest BCUT2D eigenvalue weighted by atomic mass is 127. The first-order valence-electron chi connectivity index (χ1n) is 22.6. The van der Waals surface area contributed by atoms with Gasteiger partial charge in [0.2, 0.25) is 47.3 Å². The summed E-state index contributed by atoms with van der Waals surface area (Å²) in [5.41, 5.74) is -2.12. The van der Waals surface area contributed by atoms with E-state index in [0.29, 0.717) is 24.1 Å². The Hall–Kier alpha value is -6.33. The zero-order valence-electron chi connectivity index (χ0n) is 41.2. The van der Waals surface area contributed by atoms with E-state index in [4.69, 9.17) is 4.74 Å². The highest BCUT2D eigenvalue weighted by Crippen LogP contribution is 2.36. The van der Waals surface area contributed by atoms with Gasteiger partial charge in [0.15, 0.2) is 0 Å². The number of ether oxygens (including phenoxy) is 1. The van der Waals surface area contributed by atoms with Gasteiger partial charge in [0, 0.05) is 9.26 Å². The highest BCUT2D eigenvalue weighted by molar-refractivity contribution is 14.1. The standard InChI is InChI=1S/C47H67IN10O11/c1-24(50-38(62)28(5)54-43(67)47(23-15-17-31-16-13-14-18-34(31)47)58-41(65)30(7)55-44(68)69-45(8,9)10)35(59)49-25(2)36(60)52-29(6)40(64)57-46(11,12)42(66)53-27(4)37(61)51-26(3)39(63)56-33-21-19-32(48)20-22-33/h13-14,16,18-22,24-30H,15,17,23H2,1-12H3,(H,49,59)(H,50,62)(H,51,61)(H,52,60)(H,53,66)(H,54,67)(H,55,68)(H,56,63)(H,57,64)(H,58,65). The number of carbonyl (C=O) groups excluding carboxylic acids is 10. The van der Waals surface area contributed by atoms with E-state index in [-0.39, 0.29) is 6.42 Å². The van der Waals surface area contributed by atoms with E-state index in [1.165, 1.54) is 62.3 Å². The molecule has 0 bridgehead atoms. The van der Waals surface area contributed by atoms with Crippen molar-refractivity contribution in [2.45, 2.75) is 161 Å². The van der Waals surface area contributed by atoms with E-state index in [1.807, 2.05) is 24.3 Å². The third-order valence-corrected chi connectivity index (χ3v) is 11.7. The lowest BCUT2D eigenvalue weighted by atomic mass is 9.75. The number of benzene rings is 2. The topological polar surface area (TPSA) is 300 Å². The normalized spacial score (nSPS) is 17.4. The summed E-state index contributed by atoms with van der Waals surface area (Å²) in [6.45, 7) is 17.6. The van der Waals surface area contributed by atoms with Gasteiger partial charge in [-0.1, -0.05) is 24.3 Å². The van der Waals surface area contributed by atoms with Crippen LogP contribution in [0.4, 0.5) is 10.5 Å². The molecule has 3 rings (SSSR count). The molecule has 0 heterocycles. The summed E-state index contributed by atoms with van der Waals surface area (Å²) >= 11 is 2.13. The lowest BCUT2D eigenvalue weighted by molar-refractivity contribution is -0.138. The monoisotopic (exact) mass is 1070 g/mol. The van der Waals surface area contributed by atoms with E-state index < -0.39 is 118 Å². The van der Waals surface area contributed by atoms with Crippen LogP contribution in [-0.2, 0) is 59.8 Å². The Morgan fingerprint density at radius 2 is 1.00 bits per heavy atom. The van der Waals surface area contributed by atoms with Crippen LogP contribution < -0.4 is 53.2 Å². The molecular weight excluding hydrogens is 1010 g/mol. The Morgan fingerprint density at radius 1 is 0.551 bits per heavy atom. The van der Waals surface area contributed by atoms with Crippen LogP contribution >= 0.6 is 22.6 Å². The molecule has 22 heteroatoms. The van der Waals surface area contributed by atoms with Crippen LogP contribution in [0.5, 0.6) is 0 Å². The van der Waals surface area contributed by atoms with Crippen molar-refractivity contribution in [1.29, 1.82) is 0 Å². The van der Waals surface area contributed by atoms with Crippen molar-refractivity contribution in [3.63, 3.8) is 0 Å². The van der Waals surface area contributed by atoms with Gasteiger partial charge in [-0.05, 0) is 160 Å². The average molecular weight is 1080 g/mol. The van der Waals surface area contributed by atoms with Crippen LogP contribution in [0, 0.1) is 3.57 Å². The average Bonchev–Trinajstić information content (AvgIpc) is 3.25. The molecule has 69 heavy (non-hydrogen) atoms. The third kappa shape index (κ3) is 16.7. The van der Waals surface area contributed by atoms with Crippen molar-refractivity contribution in [2.75, 3.05) is 5.32 Å². The van der Waals surface area contributed by atoms with Gasteiger partial charge in [0.1, 0.15) is 59.0 Å². The number of anilines is 1. The van der Waals surface area contributed by atoms with Gasteiger partial charge >= 0.3 is 6.09 Å². The SMILES string of the molecule is CC(NC(=O)OC(C)(C)C)C(=O)NC1(C(=O)NC(C)C(=O)NC(C)C(=O)NC(C)C(=O)NC(C)C(=O)NC(C)(C)C(=O)NC(C)C(=O)NC(C)C(=O)Nc2ccc(I)cc2)CCCc2ccccc21. The fourth-order valence-corrected chi connectivity index (χ4v) is 7.18. The second kappa shape index (κ2) is 24.3. The molecule has 21 nitrogen and oxygen atoms in total. The van der Waals surface area contributed by atoms with E-state index in [9.17, 15) is 47.9 Å². The van der Waals surface area contributed by atoms with Crippen LogP contribution in [0.2, 0.25) is 0 Å². The number of halogens is 1. The van der Waals surface area contributed by atoms with Gasteiger partial charge in [-0.25, -0.2) is 4.79 Å². The maximum Gasteiger partial charge on any atom is 0.408 e. The molecule has 2 aromatic rings. The largest absolute Gasteiger partial charge is 0.444 e. The smallest absolute Gasteiger partial charge is 0.408 e. The number of fused-ring (bicyclic) bond motifs is 1. The molecule has 0 aliphatic heterocycles. The fraction of sp³-hybridized carbons (Fsp3) is 0.532. The molecular formula is C47H67IN10O11. The molecule has 8 atom stereocenters. The van der Waals surface area contributed by atoms with Gasteiger partial charge in [0.25, 0.3) is 5.91 Å². The van der Waals surface area contributed by atoms with E-state index in [0.717, 1.165) is 9.13 Å². The van der Waals surface area contributed by atoms with Crippen molar-refractivity contribution in [2.24, 2.45) is 0 Å². The Bertz CT molecular complexity index is 2270. The minimum Gasteiger partial charge on any atom is -0.444 e. The van der Waals surface area contributed by atoms with Crippen molar-refractivity contribution in [3.05, 3.63) is 63.2 Å². The van der Waals surface area contributed by atoms with Gasteiger partial charge in [-0.3, -0.25) is 43.2 Å². The molecule has 8 unspecified atom stereocenters. The van der Waals surface area contributed by atoms with Crippen LogP contribution in [0.25, 0.3) is 0 Å². The van der Waals surface area contributed by atoms with Crippen molar-refractivity contribution < 1.29 is 52.7 Å². The van der Waals surface area contributed by atoms with Gasteiger partial charge in [0.05, 0.1) is 0 Å². The summed E-state index contributed by atoms with van der Waals surface area (Å²) < 4.78 is 6.25. The summed E-state index contributed by atoms with van der Waals surface area (Å²) in [6.07, 6.45) is 0.510. The number of aryl methyl sites for hydroxylation is 1. The predicted molar refractivity (Wildman–Crippen MR) is 264 cm³/mol. The molecule has 1 aliphatic carbocycles. The van der Waals surface area contributed by atoms with Gasteiger partial charge in [-0.2, -0.15) is 0 Å². The Morgan fingerprint density at radius 3 is 1.52 bits per heavy atom. The van der Waals surface area contributed by atoms with Crippen molar-refractivity contribution in [1.82, 2.24) is 47.9 Å². The molecule has 0 spiro atoms. The van der Waals surface area contributed by atoms with Gasteiger partial charge in [-0.15, -0.1) is 0 Å². The molecule has 2 aromatic carbocycles. The zero-order chi connectivity index (χ0) is 52.2. The summed E-state index contributed by atoms with van der Waals surface area (Å²) in [4.78, 5) is 132. The number of hydrogen-bond donors (Lipinski definition) is 10. The third-order valence-electron chi connectivity index (χ3n) is 10.9. The molecule has 10 N–H and O–H groups in total. The number of alkyl carbamates (subject to hydrolysis) is 1. The number of carbonyl (C=O) groups is 10. The molecule has 0 saturated heterocycles. The predicted octanol–water partition coefficient (Wildman–Crippen LogP) is 1.41. The first kappa shape index (κ1) is 57.0. The lowest BCUT2D eigenvalue weighted by Gasteiger charge is -2.39. The Balaban J connectivity index is 1.53. The molecule has 0 aromatic heterocycles. The summed E-state index contributed by atoms with van der Waals surface area (Å²) in [6, 6.07) is 6.17. The zero-order valence-corrected chi connectivity index (χ0v) is 43.3. The van der Waals surface area contributed by atoms with Crippen molar-refractivity contribution in [3.8, 4) is 0 Å². The number of hydrogen-bond acceptors (Lipinski definition) is 11. The summed E-state index contributed by atoms with van der Waals surface area (Å²) in [5, 5.41) is 25.7. The summed E-state index contributed by atoms with van der Waals surface area (Å²) in [5.74, 6) is -6.27. The fourth-order valence-electron chi connectivity index (χ4n) is 6.82. The lowest BCUT2D eigenvalue weighted by Crippen LogP contribution is -2.63. The van der Waals surface area contributed by atoms with Crippen LogP contribution in [0.15, 0.2) is 48.5 Å². The van der Waals surface area contributed by atoms with Crippen LogP contribution in [0.1, 0.15) is 107 Å². The molecule has 1 aliphatic rings. The molecule has 0 radical (unpaired) electrons. The minimum absolute atomic E-state index is 0.180. The molecule has 10 amide bonds. The molecule has 378 valence electrons. The number of rotatable bonds is 19. The Kier molecular flexibility index (Phi) is 20.1.